The van der Waals surface area contributed by atoms with Crippen molar-refractivity contribution in [3.05, 3.63) is 42.2 Å². The first-order chi connectivity index (χ1) is 7.63. The molecule has 0 atom stereocenters. The Morgan fingerprint density at radius 2 is 1.94 bits per heavy atom. The predicted octanol–water partition coefficient (Wildman–Crippen LogP) is 4.31. The summed E-state index contributed by atoms with van der Waals surface area (Å²) in [7, 11) is 0. The largest absolute Gasteiger partial charge is 0.264 e. The summed E-state index contributed by atoms with van der Waals surface area (Å²) < 4.78 is 0. The fraction of sp³-hybridized carbons (Fsp3) is 0.400. The van der Waals surface area contributed by atoms with Crippen LogP contribution in [0.2, 0.25) is 0 Å². The number of aromatic nitrogens is 1. The lowest BCUT2D eigenvalue weighted by molar-refractivity contribution is 0.473. The molecule has 2 rings (SSSR count). The highest BCUT2D eigenvalue weighted by molar-refractivity contribution is 5.82. The maximum atomic E-state index is 4.14. The van der Waals surface area contributed by atoms with E-state index in [2.05, 4.69) is 50.0 Å². The Morgan fingerprint density at radius 1 is 1.12 bits per heavy atom. The molecule has 0 saturated heterocycles. The Labute approximate surface area is 97.5 Å². The lowest BCUT2D eigenvalue weighted by Crippen LogP contribution is -2.16. The van der Waals surface area contributed by atoms with Gasteiger partial charge in [-0.2, -0.15) is 0 Å². The first-order valence-corrected chi connectivity index (χ1v) is 5.98. The number of pyridine rings is 1. The Hall–Kier alpha value is -1.37. The Morgan fingerprint density at radius 3 is 2.69 bits per heavy atom. The van der Waals surface area contributed by atoms with Crippen molar-refractivity contribution < 1.29 is 0 Å². The molecular weight excluding hydrogens is 194 g/mol. The molecule has 0 amide bonds. The van der Waals surface area contributed by atoms with Gasteiger partial charge in [0.05, 0.1) is 0 Å². The highest BCUT2D eigenvalue weighted by atomic mass is 14.6. The Kier molecular flexibility index (Phi) is 2.95. The molecule has 0 N–H and O–H groups in total. The number of hydrogen-bond acceptors (Lipinski definition) is 1. The molecule has 84 valence electrons. The first kappa shape index (κ1) is 11.1. The topological polar surface area (TPSA) is 12.9 Å². The van der Waals surface area contributed by atoms with Crippen molar-refractivity contribution in [2.45, 2.75) is 39.0 Å². The molecule has 0 spiro atoms. The van der Waals surface area contributed by atoms with E-state index < -0.39 is 0 Å². The Balaban J connectivity index is 2.46. The van der Waals surface area contributed by atoms with Gasteiger partial charge < -0.3 is 0 Å². The summed E-state index contributed by atoms with van der Waals surface area (Å²) in [4.78, 5) is 4.14. The van der Waals surface area contributed by atoms with E-state index in [0.29, 0.717) is 0 Å². The van der Waals surface area contributed by atoms with Gasteiger partial charge in [-0.05, 0) is 28.9 Å². The molecule has 0 aliphatic rings. The number of nitrogens with zero attached hydrogens (tertiary/aromatic N) is 1. The first-order valence-electron chi connectivity index (χ1n) is 5.98. The van der Waals surface area contributed by atoms with Crippen LogP contribution in [-0.4, -0.2) is 4.98 Å². The minimum absolute atomic E-state index is 0.270. The molecule has 1 aromatic heterocycles. The SMILES string of the molecule is CCCC(C)(C)c1ccc2cnccc2c1. The number of hydrogen-bond donors (Lipinski definition) is 0. The monoisotopic (exact) mass is 213 g/mol. The Bertz CT molecular complexity index is 486. The van der Waals surface area contributed by atoms with Crippen molar-refractivity contribution in [2.75, 3.05) is 0 Å². The van der Waals surface area contributed by atoms with E-state index in [9.17, 15) is 0 Å². The summed E-state index contributed by atoms with van der Waals surface area (Å²) in [5, 5.41) is 2.51. The molecule has 1 nitrogen and oxygen atoms in total. The second-order valence-corrected chi connectivity index (χ2v) is 5.07. The summed E-state index contributed by atoms with van der Waals surface area (Å²) >= 11 is 0. The summed E-state index contributed by atoms with van der Waals surface area (Å²) in [6.07, 6.45) is 6.23. The van der Waals surface area contributed by atoms with Gasteiger partial charge in [0.2, 0.25) is 0 Å². The average Bonchev–Trinajstić information content (AvgIpc) is 2.28. The molecule has 0 aliphatic heterocycles. The number of benzene rings is 1. The van der Waals surface area contributed by atoms with E-state index in [0.717, 1.165) is 0 Å². The summed E-state index contributed by atoms with van der Waals surface area (Å²) in [6, 6.07) is 8.79. The normalized spacial score (nSPS) is 11.9. The van der Waals surface area contributed by atoms with Gasteiger partial charge in [-0.15, -0.1) is 0 Å². The van der Waals surface area contributed by atoms with Crippen molar-refractivity contribution in [1.82, 2.24) is 4.98 Å². The van der Waals surface area contributed by atoms with E-state index in [-0.39, 0.29) is 5.41 Å². The maximum Gasteiger partial charge on any atom is 0.0346 e. The third kappa shape index (κ3) is 2.08. The third-order valence-electron chi connectivity index (χ3n) is 3.30. The third-order valence-corrected chi connectivity index (χ3v) is 3.30. The van der Waals surface area contributed by atoms with Crippen LogP contribution in [0.25, 0.3) is 10.8 Å². The predicted molar refractivity (Wildman–Crippen MR) is 69.7 cm³/mol. The van der Waals surface area contributed by atoms with Gasteiger partial charge in [-0.1, -0.05) is 45.4 Å². The van der Waals surface area contributed by atoms with Gasteiger partial charge in [0, 0.05) is 17.8 Å². The standard InChI is InChI=1S/C15H19N/c1-4-8-15(2,3)14-6-5-13-11-16-9-7-12(13)10-14/h5-7,9-11H,4,8H2,1-3H3. The molecule has 0 saturated carbocycles. The van der Waals surface area contributed by atoms with Crippen molar-refractivity contribution in [1.29, 1.82) is 0 Å². The highest BCUT2D eigenvalue weighted by Crippen LogP contribution is 2.30. The zero-order valence-corrected chi connectivity index (χ0v) is 10.3. The van der Waals surface area contributed by atoms with Gasteiger partial charge in [0.15, 0.2) is 0 Å². The molecule has 1 heteroatoms. The molecular formula is C15H19N. The van der Waals surface area contributed by atoms with Crippen molar-refractivity contribution in [3.8, 4) is 0 Å². The van der Waals surface area contributed by atoms with Crippen LogP contribution < -0.4 is 0 Å². The smallest absolute Gasteiger partial charge is 0.0346 e. The summed E-state index contributed by atoms with van der Waals surface area (Å²) in [5.41, 5.74) is 1.69. The van der Waals surface area contributed by atoms with Crippen LogP contribution in [0.4, 0.5) is 0 Å². The fourth-order valence-corrected chi connectivity index (χ4v) is 2.27. The molecule has 1 aromatic carbocycles. The van der Waals surface area contributed by atoms with Gasteiger partial charge in [0.25, 0.3) is 0 Å². The van der Waals surface area contributed by atoms with Crippen LogP contribution in [0.5, 0.6) is 0 Å². The quantitative estimate of drug-likeness (QED) is 0.740. The summed E-state index contributed by atoms with van der Waals surface area (Å²) in [5.74, 6) is 0. The molecule has 1 heterocycles. The fourth-order valence-electron chi connectivity index (χ4n) is 2.27. The van der Waals surface area contributed by atoms with Crippen LogP contribution in [0.1, 0.15) is 39.2 Å². The van der Waals surface area contributed by atoms with Gasteiger partial charge in [-0.3, -0.25) is 4.98 Å². The van der Waals surface area contributed by atoms with E-state index >= 15 is 0 Å². The number of fused-ring (bicyclic) bond motifs is 1. The van der Waals surface area contributed by atoms with E-state index in [4.69, 9.17) is 0 Å². The van der Waals surface area contributed by atoms with Crippen molar-refractivity contribution in [3.63, 3.8) is 0 Å². The second kappa shape index (κ2) is 4.25. The lowest BCUT2D eigenvalue weighted by atomic mass is 9.80. The molecule has 0 aliphatic carbocycles. The van der Waals surface area contributed by atoms with Crippen LogP contribution in [0.3, 0.4) is 0 Å². The highest BCUT2D eigenvalue weighted by Gasteiger charge is 2.19. The zero-order chi connectivity index (χ0) is 11.6. The molecule has 0 radical (unpaired) electrons. The van der Waals surface area contributed by atoms with Crippen LogP contribution in [-0.2, 0) is 5.41 Å². The van der Waals surface area contributed by atoms with Crippen molar-refractivity contribution >= 4 is 10.8 Å². The minimum atomic E-state index is 0.270. The van der Waals surface area contributed by atoms with E-state index in [1.807, 2.05) is 12.4 Å². The molecule has 2 aromatic rings. The summed E-state index contributed by atoms with van der Waals surface area (Å²) in [6.45, 7) is 6.88. The second-order valence-electron chi connectivity index (χ2n) is 5.07. The molecule has 0 fully saturated rings. The van der Waals surface area contributed by atoms with Crippen molar-refractivity contribution in [2.24, 2.45) is 0 Å². The van der Waals surface area contributed by atoms with E-state index in [1.165, 1.54) is 29.2 Å². The maximum absolute atomic E-state index is 4.14. The molecule has 0 unspecified atom stereocenters. The van der Waals surface area contributed by atoms with Gasteiger partial charge in [0.1, 0.15) is 0 Å². The van der Waals surface area contributed by atoms with Crippen LogP contribution in [0, 0.1) is 0 Å². The lowest BCUT2D eigenvalue weighted by Gasteiger charge is -2.25. The van der Waals surface area contributed by atoms with Gasteiger partial charge in [-0.25, -0.2) is 0 Å². The number of rotatable bonds is 3. The molecule has 16 heavy (non-hydrogen) atoms. The van der Waals surface area contributed by atoms with Crippen LogP contribution >= 0.6 is 0 Å². The van der Waals surface area contributed by atoms with Crippen LogP contribution in [0.15, 0.2) is 36.7 Å². The van der Waals surface area contributed by atoms with Gasteiger partial charge >= 0.3 is 0 Å². The zero-order valence-electron chi connectivity index (χ0n) is 10.3. The molecule has 0 bridgehead atoms. The average molecular weight is 213 g/mol. The van der Waals surface area contributed by atoms with E-state index in [1.54, 1.807) is 0 Å². The minimum Gasteiger partial charge on any atom is -0.264 e.